The maximum atomic E-state index is 12.6. The molecule has 23 heavy (non-hydrogen) atoms. The average molecular weight is 317 g/mol. The van der Waals surface area contributed by atoms with Crippen LogP contribution in [0.3, 0.4) is 0 Å². The fraction of sp³-hybridized carbons (Fsp3) is 0.412. The van der Waals surface area contributed by atoms with Crippen LogP contribution in [0.4, 0.5) is 4.79 Å². The maximum Gasteiger partial charge on any atom is 0.404 e. The van der Waals surface area contributed by atoms with Gasteiger partial charge in [0, 0.05) is 18.8 Å². The fourth-order valence-corrected chi connectivity index (χ4v) is 2.74. The van der Waals surface area contributed by atoms with Crippen LogP contribution in [0.1, 0.15) is 32.6 Å². The Hall–Kier alpha value is -2.50. The number of para-hydroxylation sites is 2. The molecule has 1 amide bonds. The summed E-state index contributed by atoms with van der Waals surface area (Å²) in [6.07, 6.45) is 2.62. The first kappa shape index (κ1) is 16.9. The van der Waals surface area contributed by atoms with E-state index in [-0.39, 0.29) is 5.69 Å². The van der Waals surface area contributed by atoms with Crippen molar-refractivity contribution in [2.45, 2.75) is 39.2 Å². The summed E-state index contributed by atoms with van der Waals surface area (Å²) in [5.41, 5.74) is 2.47. The topological polar surface area (TPSA) is 76.3 Å². The molecule has 1 aromatic carbocycles. The molecule has 0 unspecified atom stereocenters. The van der Waals surface area contributed by atoms with E-state index in [9.17, 15) is 9.59 Å². The number of amides is 1. The van der Waals surface area contributed by atoms with Crippen molar-refractivity contribution in [2.75, 3.05) is 6.54 Å². The van der Waals surface area contributed by atoms with E-state index in [0.717, 1.165) is 36.7 Å². The third-order valence-electron chi connectivity index (χ3n) is 3.80. The number of carbonyl (C=O) groups is 1. The molecule has 0 spiro atoms. The number of unbranched alkanes of at least 4 members (excludes halogenated alkanes) is 3. The molecule has 2 aromatic rings. The second kappa shape index (κ2) is 7.67. The number of rotatable bonds is 8. The third-order valence-corrected chi connectivity index (χ3v) is 3.80. The van der Waals surface area contributed by atoms with Crippen LogP contribution in [0.5, 0.6) is 0 Å². The van der Waals surface area contributed by atoms with E-state index in [0.29, 0.717) is 18.8 Å². The number of carboxylic acid groups (broad SMARTS) is 1. The SMILES string of the molecule is C=C(C)n1c(=O)n(CCCCCCNC(=O)O)c2ccccc21. The van der Waals surface area contributed by atoms with Crippen molar-refractivity contribution < 1.29 is 9.90 Å². The highest BCUT2D eigenvalue weighted by Gasteiger charge is 2.12. The van der Waals surface area contributed by atoms with Crippen LogP contribution in [-0.4, -0.2) is 26.9 Å². The largest absolute Gasteiger partial charge is 0.465 e. The quantitative estimate of drug-likeness (QED) is 0.734. The summed E-state index contributed by atoms with van der Waals surface area (Å²) in [6.45, 7) is 6.85. The number of hydrogen-bond donors (Lipinski definition) is 2. The summed E-state index contributed by atoms with van der Waals surface area (Å²) in [6, 6.07) is 7.73. The highest BCUT2D eigenvalue weighted by Crippen LogP contribution is 2.16. The number of aromatic nitrogens is 2. The Kier molecular flexibility index (Phi) is 5.62. The molecule has 0 saturated heterocycles. The van der Waals surface area contributed by atoms with Gasteiger partial charge in [0.15, 0.2) is 0 Å². The Morgan fingerprint density at radius 2 is 1.83 bits per heavy atom. The smallest absolute Gasteiger partial charge is 0.404 e. The number of hydrogen-bond acceptors (Lipinski definition) is 2. The zero-order valence-corrected chi connectivity index (χ0v) is 13.4. The van der Waals surface area contributed by atoms with Crippen LogP contribution in [0.2, 0.25) is 0 Å². The Morgan fingerprint density at radius 3 is 2.48 bits per heavy atom. The molecule has 6 heteroatoms. The van der Waals surface area contributed by atoms with Gasteiger partial charge in [0.25, 0.3) is 0 Å². The molecular formula is C17H23N3O3. The number of allylic oxidation sites excluding steroid dienone is 1. The molecule has 0 fully saturated rings. The van der Waals surface area contributed by atoms with Crippen LogP contribution in [-0.2, 0) is 6.54 Å². The van der Waals surface area contributed by atoms with E-state index < -0.39 is 6.09 Å². The molecule has 0 bridgehead atoms. The van der Waals surface area contributed by atoms with E-state index >= 15 is 0 Å². The lowest BCUT2D eigenvalue weighted by Gasteiger charge is -2.04. The minimum absolute atomic E-state index is 0.0498. The second-order valence-corrected chi connectivity index (χ2v) is 5.64. The van der Waals surface area contributed by atoms with Crippen molar-refractivity contribution in [3.63, 3.8) is 0 Å². The number of benzene rings is 1. The van der Waals surface area contributed by atoms with Gasteiger partial charge in [0.05, 0.1) is 11.0 Å². The summed E-state index contributed by atoms with van der Waals surface area (Å²) in [5.74, 6) is 0. The summed E-state index contributed by atoms with van der Waals surface area (Å²) >= 11 is 0. The lowest BCUT2D eigenvalue weighted by molar-refractivity contribution is 0.194. The highest BCUT2D eigenvalue weighted by molar-refractivity contribution is 5.79. The molecule has 1 aromatic heterocycles. The van der Waals surface area contributed by atoms with Gasteiger partial charge >= 0.3 is 11.8 Å². The van der Waals surface area contributed by atoms with Crippen molar-refractivity contribution in [1.29, 1.82) is 0 Å². The van der Waals surface area contributed by atoms with E-state index in [2.05, 4.69) is 11.9 Å². The van der Waals surface area contributed by atoms with Gasteiger partial charge in [-0.25, -0.2) is 9.59 Å². The Morgan fingerprint density at radius 1 is 1.17 bits per heavy atom. The van der Waals surface area contributed by atoms with Gasteiger partial charge in [-0.1, -0.05) is 31.6 Å². The summed E-state index contributed by atoms with van der Waals surface area (Å²) < 4.78 is 3.44. The lowest BCUT2D eigenvalue weighted by atomic mass is 10.2. The monoisotopic (exact) mass is 317 g/mol. The second-order valence-electron chi connectivity index (χ2n) is 5.64. The molecule has 2 rings (SSSR count). The van der Waals surface area contributed by atoms with Crippen molar-refractivity contribution in [3.05, 3.63) is 41.3 Å². The van der Waals surface area contributed by atoms with Crippen molar-refractivity contribution in [3.8, 4) is 0 Å². The molecule has 0 atom stereocenters. The standard InChI is InChI=1S/C17H23N3O3/c1-13(2)20-15-10-6-5-9-14(15)19(17(20)23)12-8-4-3-7-11-18-16(21)22/h5-6,9-10,18H,1,3-4,7-8,11-12H2,2H3,(H,21,22). The first-order valence-electron chi connectivity index (χ1n) is 7.85. The molecular weight excluding hydrogens is 294 g/mol. The van der Waals surface area contributed by atoms with Crippen molar-refractivity contribution >= 4 is 22.8 Å². The predicted octanol–water partition coefficient (Wildman–Crippen LogP) is 3.12. The zero-order valence-electron chi connectivity index (χ0n) is 13.4. The molecule has 0 aliphatic rings. The lowest BCUT2D eigenvalue weighted by Crippen LogP contribution is -2.23. The Balaban J connectivity index is 1.98. The van der Waals surface area contributed by atoms with Gasteiger partial charge in [-0.05, 0) is 31.9 Å². The summed E-state index contributed by atoms with van der Waals surface area (Å²) in [4.78, 5) is 22.9. The molecule has 0 aliphatic heterocycles. The molecule has 0 aliphatic carbocycles. The first-order chi connectivity index (χ1) is 11.0. The average Bonchev–Trinajstić information content (AvgIpc) is 2.78. The van der Waals surface area contributed by atoms with Gasteiger partial charge in [0.2, 0.25) is 0 Å². The fourth-order valence-electron chi connectivity index (χ4n) is 2.74. The number of nitrogens with one attached hydrogen (secondary N) is 1. The Labute approximate surface area is 135 Å². The number of nitrogens with zero attached hydrogens (tertiary/aromatic N) is 2. The van der Waals surface area contributed by atoms with Crippen LogP contribution in [0, 0.1) is 0 Å². The van der Waals surface area contributed by atoms with Gasteiger partial charge in [-0.3, -0.25) is 9.13 Å². The number of aryl methyl sites for hydroxylation is 1. The van der Waals surface area contributed by atoms with Crippen LogP contribution in [0.25, 0.3) is 16.7 Å². The van der Waals surface area contributed by atoms with E-state index in [1.165, 1.54) is 0 Å². The van der Waals surface area contributed by atoms with E-state index in [1.54, 1.807) is 9.13 Å². The maximum absolute atomic E-state index is 12.6. The molecule has 2 N–H and O–H groups in total. The zero-order chi connectivity index (χ0) is 16.8. The minimum atomic E-state index is -0.982. The summed E-state index contributed by atoms with van der Waals surface area (Å²) in [7, 11) is 0. The number of fused-ring (bicyclic) bond motifs is 1. The normalized spacial score (nSPS) is 10.8. The van der Waals surface area contributed by atoms with Gasteiger partial charge in [0.1, 0.15) is 0 Å². The predicted molar refractivity (Wildman–Crippen MR) is 91.7 cm³/mol. The molecule has 0 saturated carbocycles. The van der Waals surface area contributed by atoms with E-state index in [1.807, 2.05) is 31.2 Å². The van der Waals surface area contributed by atoms with Gasteiger partial charge in [-0.15, -0.1) is 0 Å². The molecule has 0 radical (unpaired) electrons. The van der Waals surface area contributed by atoms with E-state index in [4.69, 9.17) is 5.11 Å². The highest BCUT2D eigenvalue weighted by atomic mass is 16.4. The van der Waals surface area contributed by atoms with Crippen molar-refractivity contribution in [1.82, 2.24) is 14.5 Å². The number of imidazole rings is 1. The van der Waals surface area contributed by atoms with Crippen molar-refractivity contribution in [2.24, 2.45) is 0 Å². The minimum Gasteiger partial charge on any atom is -0.465 e. The van der Waals surface area contributed by atoms with Gasteiger partial charge < -0.3 is 10.4 Å². The third kappa shape index (κ3) is 4.03. The van der Waals surface area contributed by atoms with Crippen LogP contribution < -0.4 is 11.0 Å². The molecule has 124 valence electrons. The first-order valence-corrected chi connectivity index (χ1v) is 7.85. The summed E-state index contributed by atoms with van der Waals surface area (Å²) in [5, 5.41) is 10.8. The van der Waals surface area contributed by atoms with Gasteiger partial charge in [-0.2, -0.15) is 0 Å². The van der Waals surface area contributed by atoms with Crippen LogP contribution >= 0.6 is 0 Å². The van der Waals surface area contributed by atoms with Crippen LogP contribution in [0.15, 0.2) is 35.6 Å². The Bertz CT molecular complexity index is 758. The molecule has 6 nitrogen and oxygen atoms in total. The molecule has 1 heterocycles.